The summed E-state index contributed by atoms with van der Waals surface area (Å²) < 4.78 is 59.7. The highest BCUT2D eigenvalue weighted by Gasteiger charge is 2.49. The van der Waals surface area contributed by atoms with Gasteiger partial charge in [0.05, 0.1) is 44.8 Å². The van der Waals surface area contributed by atoms with Crippen molar-refractivity contribution < 1.29 is 22.6 Å². The van der Waals surface area contributed by atoms with Crippen molar-refractivity contribution >= 4 is 54.7 Å². The maximum Gasteiger partial charge on any atom is 0.319 e. The molecule has 5 atom stereocenters. The molecule has 4 aromatic rings. The first-order valence-corrected chi connectivity index (χ1v) is 18.0. The van der Waals surface area contributed by atoms with Crippen molar-refractivity contribution in [3.63, 3.8) is 0 Å². The molecule has 14 heteroatoms. The maximum absolute atomic E-state index is 17.3. The monoisotopic (exact) mass is 717 g/mol. The number of nitriles is 2. The smallest absolute Gasteiger partial charge is 0.319 e. The lowest BCUT2D eigenvalue weighted by molar-refractivity contribution is 0.107. The molecule has 9 nitrogen and oxygen atoms in total. The number of aromatic nitrogens is 2. The zero-order chi connectivity index (χ0) is 34.5. The van der Waals surface area contributed by atoms with E-state index in [0.717, 1.165) is 43.6 Å². The van der Waals surface area contributed by atoms with Crippen LogP contribution >= 0.6 is 22.9 Å². The molecular weight excluding hydrogens is 687 g/mol. The van der Waals surface area contributed by atoms with Gasteiger partial charge in [-0.25, -0.2) is 13.2 Å². The van der Waals surface area contributed by atoms with E-state index in [-0.39, 0.29) is 90.6 Å². The molecule has 0 amide bonds. The zero-order valence-electron chi connectivity index (χ0n) is 26.8. The Kier molecular flexibility index (Phi) is 7.36. The van der Waals surface area contributed by atoms with Gasteiger partial charge in [0.25, 0.3) is 0 Å². The molecule has 4 aliphatic heterocycles. The number of halogens is 4. The van der Waals surface area contributed by atoms with Gasteiger partial charge < -0.3 is 20.1 Å². The summed E-state index contributed by atoms with van der Waals surface area (Å²) in [5.41, 5.74) is 6.82. The molecule has 1 aliphatic carbocycles. The number of nitrogens with two attached hydrogens (primary N) is 1. The second-order valence-electron chi connectivity index (χ2n) is 14.1. The van der Waals surface area contributed by atoms with Crippen molar-refractivity contribution in [3.8, 4) is 35.0 Å². The Morgan fingerprint density at radius 2 is 2.10 bits per heavy atom. The molecule has 6 heterocycles. The van der Waals surface area contributed by atoms with E-state index in [0.29, 0.717) is 31.7 Å². The number of nitrogen functional groups attached to an aromatic ring is 1. The van der Waals surface area contributed by atoms with Crippen LogP contribution in [0.15, 0.2) is 23.8 Å². The number of allylic oxidation sites excluding steroid dienone is 1. The number of hydrogen-bond donors (Lipinski definition) is 1. The Bertz CT molecular complexity index is 2230. The molecule has 4 unspecified atom stereocenters. The molecule has 9 rings (SSSR count). The van der Waals surface area contributed by atoms with Crippen LogP contribution in [0.4, 0.5) is 24.0 Å². The minimum atomic E-state index is -0.952. The number of rotatable bonds is 5. The van der Waals surface area contributed by atoms with Crippen molar-refractivity contribution in [1.29, 1.82) is 10.5 Å². The first-order valence-electron chi connectivity index (χ1n) is 16.8. The summed E-state index contributed by atoms with van der Waals surface area (Å²) in [5, 5.41) is 19.8. The number of nitrogens with zero attached hydrogens (tertiary/aromatic N) is 6. The predicted octanol–water partition coefficient (Wildman–Crippen LogP) is 7.30. The first kappa shape index (κ1) is 31.7. The van der Waals surface area contributed by atoms with Crippen LogP contribution in [0.2, 0.25) is 5.02 Å². The topological polar surface area (TPSA) is 124 Å². The molecule has 0 radical (unpaired) electrons. The van der Waals surface area contributed by atoms with Gasteiger partial charge in [-0.1, -0.05) is 29.3 Å². The van der Waals surface area contributed by atoms with E-state index in [9.17, 15) is 14.9 Å². The van der Waals surface area contributed by atoms with Gasteiger partial charge in [-0.05, 0) is 49.8 Å². The average molecular weight is 718 g/mol. The Labute approximate surface area is 294 Å². The lowest BCUT2D eigenvalue weighted by Crippen LogP contribution is -2.43. The quantitative estimate of drug-likeness (QED) is 0.212. The van der Waals surface area contributed by atoms with Crippen LogP contribution in [0.5, 0.6) is 11.8 Å². The van der Waals surface area contributed by atoms with Crippen molar-refractivity contribution in [2.75, 3.05) is 43.5 Å². The minimum absolute atomic E-state index is 0.0177. The standard InChI is InChI=1S/C36H31ClF3N7O2S/c37-28-26(22-2-3-24(39)32-25(22)23(13-42)33(43)50-32)29(40)30-27-31(28)48-7-4-21-9-17(8-18-10-19(18)12-41)14-47(21)34(27)45-35(44-30)49-16-36-5-1-6-46(36)15-20(38)11-36/h2-3,8,18-21H,1,4-7,9-11,14-16,43H2/b17-8-/t18?,19?,20-,21?,36?/m1/s1. The predicted molar refractivity (Wildman–Crippen MR) is 184 cm³/mol. The molecule has 2 aromatic heterocycles. The third-order valence-electron chi connectivity index (χ3n) is 11.1. The normalized spacial score (nSPS) is 27.9. The van der Waals surface area contributed by atoms with Gasteiger partial charge in [0.1, 0.15) is 41.0 Å². The summed E-state index contributed by atoms with van der Waals surface area (Å²) in [7, 11) is 0. The van der Waals surface area contributed by atoms with Crippen LogP contribution < -0.4 is 20.1 Å². The molecule has 50 heavy (non-hydrogen) atoms. The largest absolute Gasteiger partial charge is 0.491 e. The lowest BCUT2D eigenvalue weighted by atomic mass is 9.95. The van der Waals surface area contributed by atoms with E-state index >= 15 is 8.78 Å². The summed E-state index contributed by atoms with van der Waals surface area (Å²) in [6, 6.07) is 6.90. The van der Waals surface area contributed by atoms with Crippen molar-refractivity contribution in [2.45, 2.75) is 56.3 Å². The fourth-order valence-corrected chi connectivity index (χ4v) is 9.92. The van der Waals surface area contributed by atoms with E-state index in [1.807, 2.05) is 6.07 Å². The average Bonchev–Trinajstić information content (AvgIpc) is 3.32. The van der Waals surface area contributed by atoms with Crippen molar-refractivity contribution in [3.05, 3.63) is 46.0 Å². The van der Waals surface area contributed by atoms with Crippen LogP contribution in [-0.2, 0) is 0 Å². The Hall–Kier alpha value is -4.30. The highest BCUT2D eigenvalue weighted by molar-refractivity contribution is 7.23. The maximum atomic E-state index is 17.3. The fraction of sp³-hybridized carbons (Fsp3) is 0.444. The number of ether oxygens (including phenoxy) is 2. The number of alkyl halides is 1. The number of hydrogen-bond acceptors (Lipinski definition) is 10. The highest BCUT2D eigenvalue weighted by Crippen LogP contribution is 2.52. The number of benzene rings is 2. The van der Waals surface area contributed by atoms with E-state index in [1.165, 1.54) is 17.7 Å². The van der Waals surface area contributed by atoms with Crippen LogP contribution in [0.3, 0.4) is 0 Å². The fourth-order valence-electron chi connectivity index (χ4n) is 8.63. The summed E-state index contributed by atoms with van der Waals surface area (Å²) in [6.45, 7) is 2.07. The molecule has 2 aromatic carbocycles. The third kappa shape index (κ3) is 4.81. The van der Waals surface area contributed by atoms with E-state index in [4.69, 9.17) is 31.8 Å². The Balaban J connectivity index is 1.24. The molecule has 5 aliphatic rings. The van der Waals surface area contributed by atoms with Crippen molar-refractivity contribution in [1.82, 2.24) is 14.9 Å². The van der Waals surface area contributed by atoms with Crippen LogP contribution in [-0.4, -0.2) is 65.5 Å². The van der Waals surface area contributed by atoms with E-state index in [2.05, 4.69) is 26.9 Å². The first-order chi connectivity index (χ1) is 24.2. The van der Waals surface area contributed by atoms with Gasteiger partial charge in [-0.2, -0.15) is 20.5 Å². The molecule has 4 fully saturated rings. The van der Waals surface area contributed by atoms with E-state index in [1.54, 1.807) is 0 Å². The van der Waals surface area contributed by atoms with Crippen LogP contribution in [0.1, 0.15) is 44.1 Å². The lowest BCUT2D eigenvalue weighted by Gasteiger charge is -2.32. The molecule has 3 saturated heterocycles. The summed E-state index contributed by atoms with van der Waals surface area (Å²) in [4.78, 5) is 13.8. The molecular formula is C36H31ClF3N7O2S. The van der Waals surface area contributed by atoms with Gasteiger partial charge >= 0.3 is 6.01 Å². The number of anilines is 2. The molecule has 1 saturated carbocycles. The number of fused-ring (bicyclic) bond motifs is 4. The van der Waals surface area contributed by atoms with Gasteiger partial charge in [0, 0.05) is 42.9 Å². The Morgan fingerprint density at radius 1 is 1.24 bits per heavy atom. The number of thiophene rings is 1. The molecule has 256 valence electrons. The van der Waals surface area contributed by atoms with Gasteiger partial charge in [0.15, 0.2) is 11.6 Å². The molecule has 0 bridgehead atoms. The van der Waals surface area contributed by atoms with Gasteiger partial charge in [0.2, 0.25) is 0 Å². The molecule has 2 N–H and O–H groups in total. The van der Waals surface area contributed by atoms with Crippen LogP contribution in [0.25, 0.3) is 32.1 Å². The molecule has 0 spiro atoms. The summed E-state index contributed by atoms with van der Waals surface area (Å²) in [6.07, 6.45) is 5.48. The highest BCUT2D eigenvalue weighted by atomic mass is 35.5. The third-order valence-corrected chi connectivity index (χ3v) is 12.5. The van der Waals surface area contributed by atoms with E-state index < -0.39 is 23.3 Å². The second kappa shape index (κ2) is 11.6. The van der Waals surface area contributed by atoms with Crippen LogP contribution in [0, 0.1) is 46.1 Å². The summed E-state index contributed by atoms with van der Waals surface area (Å²) in [5.74, 6) is -0.564. The zero-order valence-corrected chi connectivity index (χ0v) is 28.4. The van der Waals surface area contributed by atoms with Crippen molar-refractivity contribution in [2.24, 2.45) is 11.8 Å². The Morgan fingerprint density at radius 3 is 2.90 bits per heavy atom. The second-order valence-corrected chi connectivity index (χ2v) is 15.5. The van der Waals surface area contributed by atoms with Gasteiger partial charge in [-0.3, -0.25) is 4.90 Å². The van der Waals surface area contributed by atoms with Gasteiger partial charge in [-0.15, -0.1) is 11.3 Å². The SMILES string of the molecule is N#Cc1c(N)sc2c(F)ccc(-c3c(Cl)c4c5c(nc(OCC67CCCN6C[C@H](F)C7)nc5c3F)N3C/C(=C\C5CC5C#N)CC3CCO4)c12. The summed E-state index contributed by atoms with van der Waals surface area (Å²) >= 11 is 8.00. The minimum Gasteiger partial charge on any atom is -0.491 e.